The molecule has 94 valence electrons. The monoisotopic (exact) mass is 259 g/mol. The minimum Gasteiger partial charge on any atom is -0.370 e. The van der Waals surface area contributed by atoms with Crippen molar-refractivity contribution in [2.24, 2.45) is 0 Å². The first-order valence-corrected chi connectivity index (χ1v) is 5.41. The second-order valence-corrected chi connectivity index (χ2v) is 4.12. The molecule has 1 heterocycles. The summed E-state index contributed by atoms with van der Waals surface area (Å²) >= 11 is 5.56. The van der Waals surface area contributed by atoms with E-state index in [0.717, 1.165) is 4.90 Å². The van der Waals surface area contributed by atoms with Gasteiger partial charge in [0.15, 0.2) is 0 Å². The summed E-state index contributed by atoms with van der Waals surface area (Å²) in [5.41, 5.74) is 0. The number of nitrogens with zero attached hydrogens (tertiary/aromatic N) is 1. The van der Waals surface area contributed by atoms with Gasteiger partial charge in [0.2, 0.25) is 5.91 Å². The molecule has 1 saturated heterocycles. The number of carbonyl (C=O) groups is 1. The van der Waals surface area contributed by atoms with E-state index in [1.54, 1.807) is 6.92 Å². The summed E-state index contributed by atoms with van der Waals surface area (Å²) in [7, 11) is 0. The highest BCUT2D eigenvalue weighted by Gasteiger charge is 2.36. The number of halogens is 4. The normalized spacial score (nSPS) is 26.9. The molecule has 0 aromatic rings. The molecular weight excluding hydrogens is 247 g/mol. The van der Waals surface area contributed by atoms with Gasteiger partial charge in [-0.25, -0.2) is 0 Å². The summed E-state index contributed by atoms with van der Waals surface area (Å²) in [6.45, 7) is 2.01. The smallest absolute Gasteiger partial charge is 0.370 e. The third-order valence-electron chi connectivity index (χ3n) is 2.20. The zero-order valence-corrected chi connectivity index (χ0v) is 9.51. The molecule has 0 N–H and O–H groups in total. The van der Waals surface area contributed by atoms with Gasteiger partial charge in [0, 0.05) is 13.1 Å². The Kier molecular flexibility index (Phi) is 4.43. The molecule has 0 aromatic heterocycles. The SMILES string of the molecule is CC1CN(C(=O)CC(F)(F)F)CC(CCl)O1. The first kappa shape index (κ1) is 13.6. The molecule has 1 aliphatic rings. The number of alkyl halides is 4. The number of carbonyl (C=O) groups excluding carboxylic acids is 1. The molecule has 1 amide bonds. The van der Waals surface area contributed by atoms with Gasteiger partial charge in [-0.05, 0) is 6.92 Å². The molecule has 7 heteroatoms. The predicted octanol–water partition coefficient (Wildman–Crippen LogP) is 1.79. The van der Waals surface area contributed by atoms with E-state index in [2.05, 4.69) is 0 Å². The van der Waals surface area contributed by atoms with E-state index < -0.39 is 18.5 Å². The Hall–Kier alpha value is -0.490. The lowest BCUT2D eigenvalue weighted by Gasteiger charge is -2.36. The molecule has 0 aliphatic carbocycles. The number of hydrogen-bond acceptors (Lipinski definition) is 2. The fourth-order valence-corrected chi connectivity index (χ4v) is 1.79. The number of amides is 1. The maximum absolute atomic E-state index is 12.0. The quantitative estimate of drug-likeness (QED) is 0.708. The Morgan fingerprint density at radius 1 is 1.50 bits per heavy atom. The average molecular weight is 260 g/mol. The number of rotatable bonds is 2. The van der Waals surface area contributed by atoms with Gasteiger partial charge in [-0.3, -0.25) is 4.79 Å². The van der Waals surface area contributed by atoms with Crippen LogP contribution in [-0.2, 0) is 9.53 Å². The molecule has 0 radical (unpaired) electrons. The van der Waals surface area contributed by atoms with Crippen LogP contribution in [0, 0.1) is 0 Å². The van der Waals surface area contributed by atoms with E-state index in [1.807, 2.05) is 0 Å². The average Bonchev–Trinajstić information content (AvgIpc) is 2.14. The summed E-state index contributed by atoms with van der Waals surface area (Å²) in [6.07, 6.45) is -6.55. The minimum absolute atomic E-state index is 0.128. The van der Waals surface area contributed by atoms with Crippen molar-refractivity contribution >= 4 is 17.5 Å². The lowest BCUT2D eigenvalue weighted by molar-refractivity contribution is -0.168. The summed E-state index contributed by atoms with van der Waals surface area (Å²) < 4.78 is 41.4. The van der Waals surface area contributed by atoms with Gasteiger partial charge < -0.3 is 9.64 Å². The van der Waals surface area contributed by atoms with E-state index in [4.69, 9.17) is 16.3 Å². The van der Waals surface area contributed by atoms with Crippen molar-refractivity contribution < 1.29 is 22.7 Å². The fourth-order valence-electron chi connectivity index (χ4n) is 1.62. The van der Waals surface area contributed by atoms with Crippen LogP contribution in [0.3, 0.4) is 0 Å². The van der Waals surface area contributed by atoms with Gasteiger partial charge in [0.25, 0.3) is 0 Å². The number of hydrogen-bond donors (Lipinski definition) is 0. The van der Waals surface area contributed by atoms with Gasteiger partial charge in [0.1, 0.15) is 6.42 Å². The van der Waals surface area contributed by atoms with Crippen LogP contribution in [0.1, 0.15) is 13.3 Å². The first-order chi connectivity index (χ1) is 7.31. The molecule has 1 aliphatic heterocycles. The highest BCUT2D eigenvalue weighted by Crippen LogP contribution is 2.22. The Morgan fingerprint density at radius 3 is 2.62 bits per heavy atom. The fraction of sp³-hybridized carbons (Fsp3) is 0.889. The zero-order chi connectivity index (χ0) is 12.3. The lowest BCUT2D eigenvalue weighted by Crippen LogP contribution is -2.50. The summed E-state index contributed by atoms with van der Waals surface area (Å²) in [5.74, 6) is -0.752. The van der Waals surface area contributed by atoms with Crippen molar-refractivity contribution in [3.05, 3.63) is 0 Å². The van der Waals surface area contributed by atoms with Crippen LogP contribution < -0.4 is 0 Å². The number of ether oxygens (including phenoxy) is 1. The van der Waals surface area contributed by atoms with E-state index in [9.17, 15) is 18.0 Å². The van der Waals surface area contributed by atoms with Gasteiger partial charge in [-0.15, -0.1) is 11.6 Å². The number of morpholine rings is 1. The Morgan fingerprint density at radius 2 is 2.12 bits per heavy atom. The van der Waals surface area contributed by atoms with Gasteiger partial charge in [0.05, 0.1) is 18.1 Å². The first-order valence-electron chi connectivity index (χ1n) is 4.88. The van der Waals surface area contributed by atoms with Crippen LogP contribution in [-0.4, -0.2) is 48.2 Å². The van der Waals surface area contributed by atoms with Crippen molar-refractivity contribution in [3.8, 4) is 0 Å². The molecule has 0 saturated carbocycles. The molecule has 1 fully saturated rings. The summed E-state index contributed by atoms with van der Waals surface area (Å²) in [5, 5.41) is 0. The molecule has 0 spiro atoms. The Labute approximate surface area is 96.5 Å². The molecule has 2 unspecified atom stereocenters. The standard InChI is InChI=1S/C9H13ClF3NO2/c1-6-4-14(5-7(3-10)16-6)8(15)2-9(11,12)13/h6-7H,2-5H2,1H3. The van der Waals surface area contributed by atoms with Gasteiger partial charge >= 0.3 is 6.18 Å². The highest BCUT2D eigenvalue weighted by atomic mass is 35.5. The van der Waals surface area contributed by atoms with Crippen molar-refractivity contribution in [2.75, 3.05) is 19.0 Å². The van der Waals surface area contributed by atoms with Gasteiger partial charge in [-0.1, -0.05) is 0 Å². The van der Waals surface area contributed by atoms with Crippen LogP contribution >= 0.6 is 11.6 Å². The van der Waals surface area contributed by atoms with Crippen molar-refractivity contribution in [3.63, 3.8) is 0 Å². The van der Waals surface area contributed by atoms with Crippen LogP contribution in [0.25, 0.3) is 0 Å². The minimum atomic E-state index is -4.46. The van der Waals surface area contributed by atoms with E-state index >= 15 is 0 Å². The van der Waals surface area contributed by atoms with Gasteiger partial charge in [-0.2, -0.15) is 13.2 Å². The molecule has 3 nitrogen and oxygen atoms in total. The Bertz CT molecular complexity index is 260. The molecular formula is C9H13ClF3NO2. The van der Waals surface area contributed by atoms with Crippen molar-refractivity contribution in [2.45, 2.75) is 31.7 Å². The van der Waals surface area contributed by atoms with Crippen LogP contribution in [0.5, 0.6) is 0 Å². The van der Waals surface area contributed by atoms with Crippen LogP contribution in [0.2, 0.25) is 0 Å². The maximum Gasteiger partial charge on any atom is 0.397 e. The van der Waals surface area contributed by atoms with Crippen molar-refractivity contribution in [1.29, 1.82) is 0 Å². The topological polar surface area (TPSA) is 29.5 Å². The summed E-state index contributed by atoms with van der Waals surface area (Å²) in [4.78, 5) is 12.5. The van der Waals surface area contributed by atoms with Crippen LogP contribution in [0.4, 0.5) is 13.2 Å². The third kappa shape index (κ3) is 4.17. The second kappa shape index (κ2) is 5.23. The molecule has 0 aromatic carbocycles. The largest absolute Gasteiger partial charge is 0.397 e. The Balaban J connectivity index is 2.55. The molecule has 2 atom stereocenters. The third-order valence-corrected chi connectivity index (χ3v) is 2.55. The van der Waals surface area contributed by atoms with Crippen molar-refractivity contribution in [1.82, 2.24) is 4.90 Å². The van der Waals surface area contributed by atoms with Crippen LogP contribution in [0.15, 0.2) is 0 Å². The summed E-state index contributed by atoms with van der Waals surface area (Å²) in [6, 6.07) is 0. The van der Waals surface area contributed by atoms with E-state index in [0.29, 0.717) is 0 Å². The lowest BCUT2D eigenvalue weighted by atomic mass is 10.2. The maximum atomic E-state index is 12.0. The molecule has 16 heavy (non-hydrogen) atoms. The highest BCUT2D eigenvalue weighted by molar-refractivity contribution is 6.18. The second-order valence-electron chi connectivity index (χ2n) is 3.81. The van der Waals surface area contributed by atoms with E-state index in [1.165, 1.54) is 0 Å². The predicted molar refractivity (Wildman–Crippen MR) is 52.3 cm³/mol. The zero-order valence-electron chi connectivity index (χ0n) is 8.76. The molecule has 0 bridgehead atoms. The van der Waals surface area contributed by atoms with E-state index in [-0.39, 0.29) is 31.2 Å². The molecule has 1 rings (SSSR count).